The first-order valence-corrected chi connectivity index (χ1v) is 4.97. The Labute approximate surface area is 88.6 Å². The number of amides is 1. The zero-order valence-electron chi connectivity index (χ0n) is 8.90. The van der Waals surface area contributed by atoms with Gasteiger partial charge in [0.1, 0.15) is 0 Å². The maximum absolute atomic E-state index is 11.0. The third kappa shape index (κ3) is 1.79. The Hall–Kier alpha value is -1.58. The fourth-order valence-corrected chi connectivity index (χ4v) is 1.79. The van der Waals surface area contributed by atoms with Crippen LogP contribution in [-0.4, -0.2) is 34.9 Å². The zero-order valence-corrected chi connectivity index (χ0v) is 8.90. The Morgan fingerprint density at radius 2 is 2.33 bits per heavy atom. The van der Waals surface area contributed by atoms with E-state index in [1.54, 1.807) is 0 Å². The molecule has 0 spiro atoms. The second kappa shape index (κ2) is 3.22. The number of hydrogen-bond acceptors (Lipinski definition) is 2. The molecule has 0 aromatic heterocycles. The average molecular weight is 206 g/mol. The van der Waals surface area contributed by atoms with Gasteiger partial charge in [-0.1, -0.05) is 19.9 Å². The minimum Gasteiger partial charge on any atom is -0.465 e. The standard InChI is InChI=1S/C11H14N2O2/c1-11(2)4-3-8-9(7-11)13(10(14)15)6-5-12-8/h3-4,7H,5-6H2,1-2H3,(H,14,15). The molecule has 1 amide bonds. The molecule has 0 fully saturated rings. The number of fused-ring (bicyclic) bond motifs is 1. The molecule has 80 valence electrons. The van der Waals surface area contributed by atoms with Crippen LogP contribution in [0, 0.1) is 5.41 Å². The number of carbonyl (C=O) groups is 1. The molecule has 2 aliphatic rings. The highest BCUT2D eigenvalue weighted by atomic mass is 16.4. The summed E-state index contributed by atoms with van der Waals surface area (Å²) in [6, 6.07) is 0. The molecule has 4 heteroatoms. The minimum absolute atomic E-state index is 0.0978. The van der Waals surface area contributed by atoms with Crippen molar-refractivity contribution in [3.8, 4) is 0 Å². The summed E-state index contributed by atoms with van der Waals surface area (Å²) in [5, 5.41) is 9.05. The van der Waals surface area contributed by atoms with Gasteiger partial charge in [-0.3, -0.25) is 9.89 Å². The van der Waals surface area contributed by atoms with Gasteiger partial charge in [0.2, 0.25) is 0 Å². The van der Waals surface area contributed by atoms with Gasteiger partial charge in [0.25, 0.3) is 0 Å². The van der Waals surface area contributed by atoms with E-state index in [1.807, 2.05) is 32.1 Å². The second-order valence-corrected chi connectivity index (χ2v) is 4.39. The van der Waals surface area contributed by atoms with Crippen molar-refractivity contribution in [2.45, 2.75) is 13.8 Å². The Bertz CT molecular complexity index is 391. The highest BCUT2D eigenvalue weighted by Crippen LogP contribution is 2.29. The monoisotopic (exact) mass is 206 g/mol. The van der Waals surface area contributed by atoms with Crippen molar-refractivity contribution in [1.82, 2.24) is 4.90 Å². The number of carboxylic acid groups (broad SMARTS) is 1. The summed E-state index contributed by atoms with van der Waals surface area (Å²) in [6.07, 6.45) is 5.00. The molecule has 0 bridgehead atoms. The van der Waals surface area contributed by atoms with Crippen LogP contribution in [0.25, 0.3) is 0 Å². The summed E-state index contributed by atoms with van der Waals surface area (Å²) in [7, 11) is 0. The predicted octanol–water partition coefficient (Wildman–Crippen LogP) is 1.90. The molecule has 0 unspecified atom stereocenters. The molecule has 1 N–H and O–H groups in total. The molecule has 1 heterocycles. The van der Waals surface area contributed by atoms with Crippen molar-refractivity contribution in [3.63, 3.8) is 0 Å². The minimum atomic E-state index is -0.903. The first-order chi connectivity index (χ1) is 6.99. The van der Waals surface area contributed by atoms with Gasteiger partial charge in [-0.25, -0.2) is 4.79 Å². The average Bonchev–Trinajstić information content (AvgIpc) is 2.15. The van der Waals surface area contributed by atoms with E-state index in [1.165, 1.54) is 4.90 Å². The van der Waals surface area contributed by atoms with E-state index in [0.717, 1.165) is 11.4 Å². The smallest absolute Gasteiger partial charge is 0.411 e. The molecule has 0 saturated heterocycles. The van der Waals surface area contributed by atoms with Crippen LogP contribution < -0.4 is 0 Å². The number of hydrogen-bond donors (Lipinski definition) is 1. The van der Waals surface area contributed by atoms with E-state index in [4.69, 9.17) is 5.11 Å². The van der Waals surface area contributed by atoms with E-state index in [9.17, 15) is 4.79 Å². The van der Waals surface area contributed by atoms with Crippen LogP contribution in [0.3, 0.4) is 0 Å². The SMILES string of the molecule is CC1(C)C=CC2=NCCN(C(=O)O)C2=C1. The second-order valence-electron chi connectivity index (χ2n) is 4.39. The van der Waals surface area contributed by atoms with Gasteiger partial charge >= 0.3 is 6.09 Å². The van der Waals surface area contributed by atoms with Crippen molar-refractivity contribution < 1.29 is 9.90 Å². The number of nitrogens with zero attached hydrogens (tertiary/aromatic N) is 2. The van der Waals surface area contributed by atoms with Crippen LogP contribution >= 0.6 is 0 Å². The van der Waals surface area contributed by atoms with Crippen LogP contribution in [0.2, 0.25) is 0 Å². The fraction of sp³-hybridized carbons (Fsp3) is 0.455. The van der Waals surface area contributed by atoms with Gasteiger partial charge in [0, 0.05) is 12.0 Å². The molecular formula is C11H14N2O2. The molecule has 4 nitrogen and oxygen atoms in total. The van der Waals surface area contributed by atoms with Crippen LogP contribution in [0.4, 0.5) is 4.79 Å². The summed E-state index contributed by atoms with van der Waals surface area (Å²) in [4.78, 5) is 16.7. The Kier molecular flexibility index (Phi) is 2.14. The first kappa shape index (κ1) is 9.96. The number of rotatable bonds is 0. The highest BCUT2D eigenvalue weighted by molar-refractivity contribution is 6.11. The molecule has 2 rings (SSSR count). The van der Waals surface area contributed by atoms with Crippen LogP contribution in [0.1, 0.15) is 13.8 Å². The summed E-state index contributed by atoms with van der Waals surface area (Å²) in [5.41, 5.74) is 1.41. The van der Waals surface area contributed by atoms with Crippen molar-refractivity contribution in [1.29, 1.82) is 0 Å². The lowest BCUT2D eigenvalue weighted by Crippen LogP contribution is -2.39. The summed E-state index contributed by atoms with van der Waals surface area (Å²) < 4.78 is 0. The van der Waals surface area contributed by atoms with Crippen molar-refractivity contribution >= 4 is 11.8 Å². The number of allylic oxidation sites excluding steroid dienone is 3. The van der Waals surface area contributed by atoms with Gasteiger partial charge in [-0.05, 0) is 12.2 Å². The van der Waals surface area contributed by atoms with E-state index in [0.29, 0.717) is 13.1 Å². The van der Waals surface area contributed by atoms with E-state index in [-0.39, 0.29) is 5.41 Å². The molecule has 0 atom stereocenters. The molecule has 1 aliphatic heterocycles. The summed E-state index contributed by atoms with van der Waals surface area (Å²) >= 11 is 0. The Morgan fingerprint density at radius 1 is 1.60 bits per heavy atom. The maximum Gasteiger partial charge on any atom is 0.411 e. The van der Waals surface area contributed by atoms with E-state index in [2.05, 4.69) is 4.99 Å². The fourth-order valence-electron chi connectivity index (χ4n) is 1.79. The van der Waals surface area contributed by atoms with Gasteiger partial charge in [-0.15, -0.1) is 0 Å². The van der Waals surface area contributed by atoms with Crippen LogP contribution in [0.5, 0.6) is 0 Å². The molecular weight excluding hydrogens is 192 g/mol. The lowest BCUT2D eigenvalue weighted by molar-refractivity contribution is 0.160. The largest absolute Gasteiger partial charge is 0.465 e. The van der Waals surface area contributed by atoms with Crippen LogP contribution in [0.15, 0.2) is 28.9 Å². The molecule has 0 aromatic carbocycles. The number of aliphatic imine (C=N–C) groups is 1. The van der Waals surface area contributed by atoms with Crippen molar-refractivity contribution in [2.75, 3.05) is 13.1 Å². The third-order valence-electron chi connectivity index (χ3n) is 2.57. The van der Waals surface area contributed by atoms with Crippen LogP contribution in [-0.2, 0) is 0 Å². The van der Waals surface area contributed by atoms with Gasteiger partial charge in [-0.2, -0.15) is 0 Å². The van der Waals surface area contributed by atoms with Crippen molar-refractivity contribution in [2.24, 2.45) is 10.4 Å². The normalized spacial score (nSPS) is 22.9. The Balaban J connectivity index is 2.42. The lowest BCUT2D eigenvalue weighted by atomic mass is 9.86. The van der Waals surface area contributed by atoms with E-state index >= 15 is 0 Å². The molecule has 1 aliphatic carbocycles. The lowest BCUT2D eigenvalue weighted by Gasteiger charge is -2.31. The molecule has 0 aromatic rings. The van der Waals surface area contributed by atoms with Gasteiger partial charge in [0.15, 0.2) is 0 Å². The summed E-state index contributed by atoms with van der Waals surface area (Å²) in [5.74, 6) is 0. The quantitative estimate of drug-likeness (QED) is 0.658. The van der Waals surface area contributed by atoms with E-state index < -0.39 is 6.09 Å². The summed E-state index contributed by atoms with van der Waals surface area (Å²) in [6.45, 7) is 5.09. The molecule has 0 radical (unpaired) electrons. The predicted molar refractivity (Wildman–Crippen MR) is 58.0 cm³/mol. The van der Waals surface area contributed by atoms with Gasteiger partial charge in [0.05, 0.1) is 18.0 Å². The third-order valence-corrected chi connectivity index (χ3v) is 2.57. The zero-order chi connectivity index (χ0) is 11.1. The topological polar surface area (TPSA) is 52.9 Å². The highest BCUT2D eigenvalue weighted by Gasteiger charge is 2.28. The molecule has 0 saturated carbocycles. The maximum atomic E-state index is 11.0. The van der Waals surface area contributed by atoms with Gasteiger partial charge < -0.3 is 5.11 Å². The first-order valence-electron chi connectivity index (χ1n) is 4.97. The molecule has 15 heavy (non-hydrogen) atoms. The Morgan fingerprint density at radius 3 is 3.00 bits per heavy atom. The van der Waals surface area contributed by atoms with Crippen molar-refractivity contribution in [3.05, 3.63) is 23.9 Å².